The van der Waals surface area contributed by atoms with Crippen molar-refractivity contribution in [2.45, 2.75) is 12.3 Å². The molecule has 0 radical (unpaired) electrons. The Kier molecular flexibility index (Phi) is 2.27. The molecule has 0 amide bonds. The molecule has 3 heteroatoms. The lowest BCUT2D eigenvalue weighted by molar-refractivity contribution is 1.18. The van der Waals surface area contributed by atoms with Gasteiger partial charge in [0.25, 0.3) is 0 Å². The zero-order chi connectivity index (χ0) is 7.56. The molecular weight excluding hydrogens is 192 g/mol. The molecule has 0 spiro atoms. The molecule has 0 saturated heterocycles. The van der Waals surface area contributed by atoms with Crippen molar-refractivity contribution in [3.63, 3.8) is 0 Å². The van der Waals surface area contributed by atoms with Crippen LogP contribution in [0.25, 0.3) is 0 Å². The minimum Gasteiger partial charge on any atom is -0.397 e. The maximum absolute atomic E-state index is 5.61. The van der Waals surface area contributed by atoms with E-state index in [0.29, 0.717) is 0 Å². The third-order valence-corrected chi connectivity index (χ3v) is 1.91. The van der Waals surface area contributed by atoms with Gasteiger partial charge in [0.15, 0.2) is 0 Å². The van der Waals surface area contributed by atoms with E-state index in [1.165, 1.54) is 0 Å². The van der Waals surface area contributed by atoms with Crippen molar-refractivity contribution in [3.8, 4) is 0 Å². The minimum absolute atomic E-state index is 0.752. The SMILES string of the molecule is Cc1cc(CBr)c(N)cn1. The van der Waals surface area contributed by atoms with E-state index >= 15 is 0 Å². The zero-order valence-electron chi connectivity index (χ0n) is 5.76. The Bertz CT molecular complexity index is 235. The smallest absolute Gasteiger partial charge is 0.0541 e. The summed E-state index contributed by atoms with van der Waals surface area (Å²) in [6.45, 7) is 1.95. The molecule has 2 N–H and O–H groups in total. The molecule has 0 unspecified atom stereocenters. The normalized spacial score (nSPS) is 9.80. The van der Waals surface area contributed by atoms with E-state index in [2.05, 4.69) is 20.9 Å². The number of anilines is 1. The molecule has 1 aromatic heterocycles. The summed E-state index contributed by atoms with van der Waals surface area (Å²) >= 11 is 3.33. The van der Waals surface area contributed by atoms with Crippen molar-refractivity contribution >= 4 is 21.6 Å². The molecule has 2 nitrogen and oxygen atoms in total. The second-order valence-corrected chi connectivity index (χ2v) is 2.72. The lowest BCUT2D eigenvalue weighted by atomic mass is 10.2. The molecule has 0 atom stereocenters. The van der Waals surface area contributed by atoms with E-state index < -0.39 is 0 Å². The Labute approximate surface area is 68.6 Å². The van der Waals surface area contributed by atoms with Crippen LogP contribution in [0, 0.1) is 6.92 Å². The van der Waals surface area contributed by atoms with Crippen LogP contribution in [0.4, 0.5) is 5.69 Å². The first-order valence-corrected chi connectivity index (χ1v) is 4.13. The van der Waals surface area contributed by atoms with E-state index in [9.17, 15) is 0 Å². The molecule has 0 saturated carbocycles. The predicted octanol–water partition coefficient (Wildman–Crippen LogP) is 1.87. The number of halogens is 1. The fourth-order valence-corrected chi connectivity index (χ4v) is 1.23. The van der Waals surface area contributed by atoms with Gasteiger partial charge in [0.2, 0.25) is 0 Å². The van der Waals surface area contributed by atoms with Crippen LogP contribution in [-0.2, 0) is 5.33 Å². The monoisotopic (exact) mass is 200 g/mol. The second kappa shape index (κ2) is 3.01. The molecule has 0 aliphatic carbocycles. The summed E-state index contributed by atoms with van der Waals surface area (Å²) in [5.41, 5.74) is 8.47. The average molecular weight is 201 g/mol. The second-order valence-electron chi connectivity index (χ2n) is 2.16. The maximum Gasteiger partial charge on any atom is 0.0541 e. The van der Waals surface area contributed by atoms with Gasteiger partial charge in [-0.3, -0.25) is 4.98 Å². The summed E-state index contributed by atoms with van der Waals surface area (Å²) in [4.78, 5) is 4.04. The first-order valence-electron chi connectivity index (χ1n) is 3.01. The molecule has 1 aromatic rings. The molecular formula is C7H9BrN2. The minimum atomic E-state index is 0.752. The number of alkyl halides is 1. The molecule has 0 fully saturated rings. The topological polar surface area (TPSA) is 38.9 Å². The van der Waals surface area contributed by atoms with E-state index in [-0.39, 0.29) is 0 Å². The van der Waals surface area contributed by atoms with Gasteiger partial charge in [-0.1, -0.05) is 15.9 Å². The van der Waals surface area contributed by atoms with Crippen LogP contribution in [0.2, 0.25) is 0 Å². The van der Waals surface area contributed by atoms with Crippen molar-refractivity contribution in [3.05, 3.63) is 23.5 Å². The molecule has 0 bridgehead atoms. The summed E-state index contributed by atoms with van der Waals surface area (Å²) < 4.78 is 0. The number of rotatable bonds is 1. The Balaban J connectivity index is 3.09. The van der Waals surface area contributed by atoms with Crippen molar-refractivity contribution in [1.82, 2.24) is 4.98 Å². The molecule has 1 heterocycles. The maximum atomic E-state index is 5.61. The highest BCUT2D eigenvalue weighted by Crippen LogP contribution is 2.13. The van der Waals surface area contributed by atoms with Gasteiger partial charge >= 0.3 is 0 Å². The molecule has 10 heavy (non-hydrogen) atoms. The summed E-state index contributed by atoms with van der Waals surface area (Å²) in [5, 5.41) is 0.794. The quantitative estimate of drug-likeness (QED) is 0.704. The third kappa shape index (κ3) is 1.48. The van der Waals surface area contributed by atoms with Gasteiger partial charge in [0, 0.05) is 11.0 Å². The predicted molar refractivity (Wildman–Crippen MR) is 46.0 cm³/mol. The lowest BCUT2D eigenvalue weighted by Crippen LogP contribution is -1.93. The van der Waals surface area contributed by atoms with Gasteiger partial charge in [0.1, 0.15) is 0 Å². The number of hydrogen-bond acceptors (Lipinski definition) is 2. The van der Waals surface area contributed by atoms with E-state index in [0.717, 1.165) is 22.3 Å². The number of pyridine rings is 1. The molecule has 1 rings (SSSR count). The number of hydrogen-bond donors (Lipinski definition) is 1. The number of aromatic nitrogens is 1. The molecule has 54 valence electrons. The first kappa shape index (κ1) is 7.54. The molecule has 0 aromatic carbocycles. The zero-order valence-corrected chi connectivity index (χ0v) is 7.35. The Hall–Kier alpha value is -0.570. The van der Waals surface area contributed by atoms with Gasteiger partial charge in [-0.25, -0.2) is 0 Å². The van der Waals surface area contributed by atoms with Crippen LogP contribution in [0.5, 0.6) is 0 Å². The Morgan fingerprint density at radius 2 is 2.40 bits per heavy atom. The number of nitrogen functional groups attached to an aromatic ring is 1. The highest BCUT2D eigenvalue weighted by Gasteiger charge is 1.96. The standard InChI is InChI=1S/C7H9BrN2/c1-5-2-6(3-8)7(9)4-10-5/h2,4H,3,9H2,1H3. The fourth-order valence-electron chi connectivity index (χ4n) is 0.743. The van der Waals surface area contributed by atoms with Gasteiger partial charge in [0.05, 0.1) is 11.9 Å². The van der Waals surface area contributed by atoms with Crippen LogP contribution in [0.3, 0.4) is 0 Å². The summed E-state index contributed by atoms with van der Waals surface area (Å²) in [7, 11) is 0. The summed E-state index contributed by atoms with van der Waals surface area (Å²) in [6, 6.07) is 1.98. The van der Waals surface area contributed by atoms with Crippen LogP contribution < -0.4 is 5.73 Å². The van der Waals surface area contributed by atoms with Crippen LogP contribution >= 0.6 is 15.9 Å². The van der Waals surface area contributed by atoms with Gasteiger partial charge in [-0.15, -0.1) is 0 Å². The van der Waals surface area contributed by atoms with Crippen LogP contribution in [0.15, 0.2) is 12.3 Å². The van der Waals surface area contributed by atoms with Gasteiger partial charge < -0.3 is 5.73 Å². The first-order chi connectivity index (χ1) is 4.74. The number of aryl methyl sites for hydroxylation is 1. The van der Waals surface area contributed by atoms with Gasteiger partial charge in [-0.2, -0.15) is 0 Å². The number of nitrogens with zero attached hydrogens (tertiary/aromatic N) is 1. The van der Waals surface area contributed by atoms with Crippen molar-refractivity contribution < 1.29 is 0 Å². The highest BCUT2D eigenvalue weighted by molar-refractivity contribution is 9.08. The molecule has 0 aliphatic rings. The van der Waals surface area contributed by atoms with E-state index in [1.807, 2.05) is 13.0 Å². The van der Waals surface area contributed by atoms with E-state index in [1.54, 1.807) is 6.20 Å². The van der Waals surface area contributed by atoms with Crippen LogP contribution in [0.1, 0.15) is 11.3 Å². The largest absolute Gasteiger partial charge is 0.397 e. The average Bonchev–Trinajstić information content (AvgIpc) is 1.94. The fraction of sp³-hybridized carbons (Fsp3) is 0.286. The van der Waals surface area contributed by atoms with Crippen molar-refractivity contribution in [1.29, 1.82) is 0 Å². The summed E-state index contributed by atoms with van der Waals surface area (Å²) in [5.74, 6) is 0. The van der Waals surface area contributed by atoms with E-state index in [4.69, 9.17) is 5.73 Å². The van der Waals surface area contributed by atoms with Gasteiger partial charge in [-0.05, 0) is 18.6 Å². The van der Waals surface area contributed by atoms with Crippen LogP contribution in [-0.4, -0.2) is 4.98 Å². The summed E-state index contributed by atoms with van der Waals surface area (Å²) in [6.07, 6.45) is 1.69. The lowest BCUT2D eigenvalue weighted by Gasteiger charge is -2.00. The number of nitrogens with two attached hydrogens (primary N) is 1. The van der Waals surface area contributed by atoms with Crippen molar-refractivity contribution in [2.75, 3.05) is 5.73 Å². The van der Waals surface area contributed by atoms with Crippen molar-refractivity contribution in [2.24, 2.45) is 0 Å². The molecule has 0 aliphatic heterocycles. The Morgan fingerprint density at radius 1 is 1.70 bits per heavy atom. The Morgan fingerprint density at radius 3 is 2.90 bits per heavy atom. The third-order valence-electron chi connectivity index (χ3n) is 1.31. The highest BCUT2D eigenvalue weighted by atomic mass is 79.9.